The van der Waals surface area contributed by atoms with E-state index in [9.17, 15) is 0 Å². The fourth-order valence-electron chi connectivity index (χ4n) is 1.00. The van der Waals surface area contributed by atoms with E-state index in [0.717, 1.165) is 11.1 Å². The lowest BCUT2D eigenvalue weighted by atomic mass is 10.1. The Hall–Kier alpha value is -1.57. The Morgan fingerprint density at radius 3 is 2.83 bits per heavy atom. The largest absolute Gasteiger partial charge is 0.384 e. The van der Waals surface area contributed by atoms with Gasteiger partial charge in [0.25, 0.3) is 0 Å². The molecule has 62 valence electrons. The van der Waals surface area contributed by atoms with Crippen molar-refractivity contribution in [3.05, 3.63) is 41.5 Å². The summed E-state index contributed by atoms with van der Waals surface area (Å²) in [4.78, 5) is 0. The second kappa shape index (κ2) is 3.72. The number of hydrogen-bond donors (Lipinski definition) is 2. The van der Waals surface area contributed by atoms with E-state index in [1.54, 1.807) is 0 Å². The lowest BCUT2D eigenvalue weighted by Gasteiger charge is -1.98. The van der Waals surface area contributed by atoms with Crippen LogP contribution in [0.3, 0.4) is 0 Å². The van der Waals surface area contributed by atoms with Crippen LogP contribution in [0.25, 0.3) is 6.08 Å². The zero-order valence-corrected chi connectivity index (χ0v) is 7.04. The maximum atomic E-state index is 7.22. The number of nitrogens with one attached hydrogen (secondary N) is 1. The van der Waals surface area contributed by atoms with Gasteiger partial charge in [0.15, 0.2) is 0 Å². The van der Waals surface area contributed by atoms with Gasteiger partial charge in [0.2, 0.25) is 0 Å². The highest BCUT2D eigenvalue weighted by molar-refractivity contribution is 5.95. The van der Waals surface area contributed by atoms with Gasteiger partial charge in [-0.3, -0.25) is 5.41 Å². The van der Waals surface area contributed by atoms with Crippen molar-refractivity contribution in [2.45, 2.75) is 6.92 Å². The van der Waals surface area contributed by atoms with Gasteiger partial charge in [-0.15, -0.1) is 0 Å². The average molecular weight is 160 g/mol. The quantitative estimate of drug-likeness (QED) is 0.504. The van der Waals surface area contributed by atoms with E-state index in [0.29, 0.717) is 0 Å². The Balaban J connectivity index is 3.03. The van der Waals surface area contributed by atoms with Crippen molar-refractivity contribution in [3.8, 4) is 0 Å². The van der Waals surface area contributed by atoms with Crippen LogP contribution in [0.15, 0.2) is 30.3 Å². The first kappa shape index (κ1) is 8.53. The average Bonchev–Trinajstić information content (AvgIpc) is 2.05. The zero-order chi connectivity index (χ0) is 8.97. The van der Waals surface area contributed by atoms with E-state index < -0.39 is 0 Å². The summed E-state index contributed by atoms with van der Waals surface area (Å²) in [5.74, 6) is 0.112. The monoisotopic (exact) mass is 160 g/mol. The molecule has 0 amide bonds. The minimum absolute atomic E-state index is 0.112. The molecule has 0 radical (unpaired) electrons. The molecule has 0 bridgehead atoms. The molecule has 12 heavy (non-hydrogen) atoms. The summed E-state index contributed by atoms with van der Waals surface area (Å²) in [6, 6.07) is 7.59. The molecule has 3 N–H and O–H groups in total. The fourth-order valence-corrected chi connectivity index (χ4v) is 1.00. The number of rotatable bonds is 2. The van der Waals surface area contributed by atoms with Crippen molar-refractivity contribution >= 4 is 11.9 Å². The van der Waals surface area contributed by atoms with Crippen LogP contribution >= 0.6 is 0 Å². The number of nitrogens with two attached hydrogens (primary N) is 1. The molecule has 0 atom stereocenters. The van der Waals surface area contributed by atoms with Gasteiger partial charge in [-0.1, -0.05) is 30.4 Å². The Bertz CT molecular complexity index is 313. The molecule has 0 saturated carbocycles. The van der Waals surface area contributed by atoms with Crippen LogP contribution in [-0.2, 0) is 0 Å². The molecule has 0 spiro atoms. The highest BCUT2D eigenvalue weighted by Gasteiger charge is 1.94. The van der Waals surface area contributed by atoms with Gasteiger partial charge in [-0.05, 0) is 18.6 Å². The third-order valence-corrected chi connectivity index (χ3v) is 1.56. The first-order valence-electron chi connectivity index (χ1n) is 3.81. The topological polar surface area (TPSA) is 49.9 Å². The summed E-state index contributed by atoms with van der Waals surface area (Å²) in [6.07, 6.45) is 3.94. The number of nitrogen functional groups attached to an aromatic ring is 1. The maximum absolute atomic E-state index is 7.22. The van der Waals surface area contributed by atoms with Gasteiger partial charge in [0, 0.05) is 5.56 Å². The number of hydrogen-bond acceptors (Lipinski definition) is 1. The van der Waals surface area contributed by atoms with Gasteiger partial charge >= 0.3 is 0 Å². The summed E-state index contributed by atoms with van der Waals surface area (Å²) in [6.45, 7) is 1.96. The van der Waals surface area contributed by atoms with Crippen LogP contribution in [0.5, 0.6) is 0 Å². The predicted octanol–water partition coefficient (Wildman–Crippen LogP) is 2.00. The third kappa shape index (κ3) is 1.95. The summed E-state index contributed by atoms with van der Waals surface area (Å²) < 4.78 is 0. The van der Waals surface area contributed by atoms with Crippen LogP contribution < -0.4 is 5.73 Å². The molecule has 1 aromatic rings. The van der Waals surface area contributed by atoms with E-state index in [2.05, 4.69) is 0 Å². The van der Waals surface area contributed by atoms with Gasteiger partial charge in [-0.25, -0.2) is 0 Å². The van der Waals surface area contributed by atoms with Crippen molar-refractivity contribution in [3.63, 3.8) is 0 Å². The maximum Gasteiger partial charge on any atom is 0.122 e. The normalized spacial score (nSPS) is 10.4. The van der Waals surface area contributed by atoms with Gasteiger partial charge in [0.1, 0.15) is 5.84 Å². The minimum atomic E-state index is 0.112. The Kier molecular flexibility index (Phi) is 2.64. The molecule has 0 aromatic heterocycles. The number of benzene rings is 1. The zero-order valence-electron chi connectivity index (χ0n) is 7.04. The first-order chi connectivity index (χ1) is 5.74. The molecule has 0 heterocycles. The fraction of sp³-hybridized carbons (Fsp3) is 0.100. The van der Waals surface area contributed by atoms with E-state index in [1.807, 2.05) is 43.3 Å². The Morgan fingerprint density at radius 1 is 1.50 bits per heavy atom. The van der Waals surface area contributed by atoms with Crippen LogP contribution in [0.1, 0.15) is 18.1 Å². The van der Waals surface area contributed by atoms with Crippen LogP contribution in [0.2, 0.25) is 0 Å². The van der Waals surface area contributed by atoms with Gasteiger partial charge < -0.3 is 5.73 Å². The van der Waals surface area contributed by atoms with Crippen molar-refractivity contribution < 1.29 is 0 Å². The molecular weight excluding hydrogens is 148 g/mol. The van der Waals surface area contributed by atoms with Crippen LogP contribution in [0, 0.1) is 5.41 Å². The highest BCUT2D eigenvalue weighted by atomic mass is 14.7. The molecule has 0 aliphatic rings. The predicted molar refractivity (Wildman–Crippen MR) is 52.2 cm³/mol. The molecule has 2 nitrogen and oxygen atoms in total. The molecule has 0 aliphatic carbocycles. The van der Waals surface area contributed by atoms with Crippen molar-refractivity contribution in [2.24, 2.45) is 5.73 Å². The van der Waals surface area contributed by atoms with E-state index in [4.69, 9.17) is 11.1 Å². The van der Waals surface area contributed by atoms with Crippen molar-refractivity contribution in [1.29, 1.82) is 5.41 Å². The minimum Gasteiger partial charge on any atom is -0.384 e. The second-order valence-electron chi connectivity index (χ2n) is 2.54. The summed E-state index contributed by atoms with van der Waals surface area (Å²) in [7, 11) is 0. The lowest BCUT2D eigenvalue weighted by molar-refractivity contribution is 1.42. The second-order valence-corrected chi connectivity index (χ2v) is 2.54. The van der Waals surface area contributed by atoms with Crippen molar-refractivity contribution in [1.82, 2.24) is 0 Å². The molecule has 0 aliphatic heterocycles. The van der Waals surface area contributed by atoms with Gasteiger partial charge in [0.05, 0.1) is 0 Å². The molecule has 0 unspecified atom stereocenters. The molecule has 1 aromatic carbocycles. The highest BCUT2D eigenvalue weighted by Crippen LogP contribution is 2.05. The Labute approximate surface area is 72.2 Å². The van der Waals surface area contributed by atoms with Gasteiger partial charge in [-0.2, -0.15) is 0 Å². The summed E-state index contributed by atoms with van der Waals surface area (Å²) in [5.41, 5.74) is 7.18. The molecule has 0 fully saturated rings. The summed E-state index contributed by atoms with van der Waals surface area (Å²) in [5, 5.41) is 7.22. The molecule has 0 saturated heterocycles. The molecule has 1 rings (SSSR count). The SMILES string of the molecule is CC=Cc1cccc(C(=N)N)c1. The molecule has 2 heteroatoms. The summed E-state index contributed by atoms with van der Waals surface area (Å²) >= 11 is 0. The van der Waals surface area contributed by atoms with E-state index in [-0.39, 0.29) is 5.84 Å². The van der Waals surface area contributed by atoms with Crippen molar-refractivity contribution in [2.75, 3.05) is 0 Å². The van der Waals surface area contributed by atoms with Crippen LogP contribution in [-0.4, -0.2) is 5.84 Å². The number of amidine groups is 1. The smallest absolute Gasteiger partial charge is 0.122 e. The standard InChI is InChI=1S/C10H12N2/c1-2-4-8-5-3-6-9(7-8)10(11)12/h2-7H,1H3,(H3,11,12). The van der Waals surface area contributed by atoms with Crippen LogP contribution in [0.4, 0.5) is 0 Å². The Morgan fingerprint density at radius 2 is 2.25 bits per heavy atom. The van der Waals surface area contributed by atoms with E-state index >= 15 is 0 Å². The lowest BCUT2D eigenvalue weighted by Crippen LogP contribution is -2.10. The van der Waals surface area contributed by atoms with E-state index in [1.165, 1.54) is 0 Å². The number of allylic oxidation sites excluding steroid dienone is 1. The molecular formula is C10H12N2. The first-order valence-corrected chi connectivity index (χ1v) is 3.81. The third-order valence-electron chi connectivity index (χ3n) is 1.56.